The van der Waals surface area contributed by atoms with Gasteiger partial charge in [-0.05, 0) is 38.1 Å². The highest BCUT2D eigenvalue weighted by molar-refractivity contribution is 6.32. The van der Waals surface area contributed by atoms with E-state index in [1.54, 1.807) is 37.4 Å². The zero-order valence-electron chi connectivity index (χ0n) is 15.9. The number of aliphatic hydroxyl groups excluding tert-OH is 1. The molecule has 1 aromatic rings. The number of carbonyl (C=O) groups excluding carboxylic acids is 2. The Morgan fingerprint density at radius 2 is 2.00 bits per heavy atom. The second kappa shape index (κ2) is 15.6. The Hall–Kier alpha value is -2.64. The second-order valence-electron chi connectivity index (χ2n) is 5.42. The van der Waals surface area contributed by atoms with Gasteiger partial charge < -0.3 is 21.1 Å². The minimum absolute atomic E-state index is 0.0507. The van der Waals surface area contributed by atoms with Crippen LogP contribution in [0.15, 0.2) is 60.7 Å². The summed E-state index contributed by atoms with van der Waals surface area (Å²) >= 11 is 0. The molecule has 0 saturated carbocycles. The summed E-state index contributed by atoms with van der Waals surface area (Å²) in [6.07, 6.45) is 8.70. The summed E-state index contributed by atoms with van der Waals surface area (Å²) in [6, 6.07) is 6.63. The number of allylic oxidation sites excluding steroid dienone is 4. The minimum atomic E-state index is -0.309. The summed E-state index contributed by atoms with van der Waals surface area (Å²) in [5.74, 6) is -0.116. The molecular weight excluding hydrogens is 341 g/mol. The standard InChI is InChI=1S/C13H22N2O2.C7H6BNO/c1-4-6-7-11(5-2)10-12(14-3)13(17)15-8-9-16;8-6-1-3-7(4-2-6)9-5-10/h4-7,12,14,16H,2,8-10H2,1,3H3,(H,15,17);1-5H,(H,9,10)/b6-4-,11-7+;. The smallest absolute Gasteiger partial charge is 0.237 e. The van der Waals surface area contributed by atoms with Gasteiger partial charge >= 0.3 is 0 Å². The number of likely N-dealkylation sites (N-methyl/N-ethyl adjacent to an activating group) is 1. The van der Waals surface area contributed by atoms with Gasteiger partial charge in [-0.1, -0.05) is 48.5 Å². The van der Waals surface area contributed by atoms with Crippen molar-refractivity contribution in [3.63, 3.8) is 0 Å². The number of amides is 2. The average Bonchev–Trinajstić information content (AvgIpc) is 2.69. The molecule has 0 fully saturated rings. The predicted octanol–water partition coefficient (Wildman–Crippen LogP) is 0.810. The van der Waals surface area contributed by atoms with E-state index in [2.05, 4.69) is 22.5 Å². The van der Waals surface area contributed by atoms with E-state index in [-0.39, 0.29) is 25.1 Å². The Balaban J connectivity index is 0.000000569. The number of carbonyl (C=O) groups is 2. The van der Waals surface area contributed by atoms with E-state index in [1.807, 2.05) is 25.2 Å². The van der Waals surface area contributed by atoms with Gasteiger partial charge in [-0.2, -0.15) is 0 Å². The number of hydrogen-bond acceptors (Lipinski definition) is 4. The van der Waals surface area contributed by atoms with E-state index >= 15 is 0 Å². The molecule has 0 aliphatic carbocycles. The van der Waals surface area contributed by atoms with E-state index in [0.29, 0.717) is 18.3 Å². The molecule has 6 nitrogen and oxygen atoms in total. The lowest BCUT2D eigenvalue weighted by Gasteiger charge is -2.16. The molecule has 144 valence electrons. The molecule has 1 atom stereocenters. The highest BCUT2D eigenvalue weighted by atomic mass is 16.3. The number of nitrogens with one attached hydrogen (secondary N) is 3. The molecule has 0 bridgehead atoms. The average molecular weight is 369 g/mol. The van der Waals surface area contributed by atoms with Crippen LogP contribution in [0.2, 0.25) is 0 Å². The number of rotatable bonds is 10. The van der Waals surface area contributed by atoms with E-state index in [0.717, 1.165) is 11.3 Å². The Bertz CT molecular complexity index is 628. The Morgan fingerprint density at radius 3 is 2.48 bits per heavy atom. The third kappa shape index (κ3) is 11.6. The quantitative estimate of drug-likeness (QED) is 0.279. The molecule has 4 N–H and O–H groups in total. The van der Waals surface area contributed by atoms with Crippen LogP contribution in [0.25, 0.3) is 0 Å². The third-order valence-electron chi connectivity index (χ3n) is 3.42. The van der Waals surface area contributed by atoms with E-state index in [4.69, 9.17) is 13.0 Å². The van der Waals surface area contributed by atoms with Crippen molar-refractivity contribution < 1.29 is 14.7 Å². The van der Waals surface area contributed by atoms with Crippen LogP contribution in [-0.2, 0) is 9.59 Å². The summed E-state index contributed by atoms with van der Waals surface area (Å²) in [5, 5.41) is 16.7. The molecule has 0 saturated heterocycles. The summed E-state index contributed by atoms with van der Waals surface area (Å²) in [5.41, 5.74) is 2.43. The lowest BCUT2D eigenvalue weighted by molar-refractivity contribution is -0.123. The summed E-state index contributed by atoms with van der Waals surface area (Å²) in [6.45, 7) is 5.88. The van der Waals surface area contributed by atoms with Gasteiger partial charge in [0.1, 0.15) is 7.85 Å². The van der Waals surface area contributed by atoms with Crippen molar-refractivity contribution in [3.8, 4) is 0 Å². The minimum Gasteiger partial charge on any atom is -0.395 e. The van der Waals surface area contributed by atoms with Crippen molar-refractivity contribution in [2.45, 2.75) is 19.4 Å². The molecular formula is C20H28BN3O3. The van der Waals surface area contributed by atoms with Gasteiger partial charge in [0, 0.05) is 12.2 Å². The van der Waals surface area contributed by atoms with Crippen LogP contribution in [-0.4, -0.2) is 51.5 Å². The van der Waals surface area contributed by atoms with Crippen LogP contribution in [0.5, 0.6) is 0 Å². The summed E-state index contributed by atoms with van der Waals surface area (Å²) in [4.78, 5) is 21.6. The number of anilines is 1. The SMILES string of the molecule is C=C/C(=C\C=C/C)CC(NC)C(=O)NCCO.[B]c1ccc(NC=O)cc1. The first-order valence-electron chi connectivity index (χ1n) is 8.58. The highest BCUT2D eigenvalue weighted by Gasteiger charge is 2.16. The summed E-state index contributed by atoms with van der Waals surface area (Å²) in [7, 11) is 7.14. The van der Waals surface area contributed by atoms with Crippen molar-refractivity contribution >= 4 is 31.3 Å². The molecule has 2 amide bonds. The molecule has 0 aliphatic heterocycles. The van der Waals surface area contributed by atoms with Crippen molar-refractivity contribution in [1.29, 1.82) is 0 Å². The topological polar surface area (TPSA) is 90.5 Å². The molecule has 1 unspecified atom stereocenters. The van der Waals surface area contributed by atoms with Gasteiger partial charge in [-0.25, -0.2) is 0 Å². The Morgan fingerprint density at radius 1 is 1.33 bits per heavy atom. The molecule has 2 radical (unpaired) electrons. The predicted molar refractivity (Wildman–Crippen MR) is 112 cm³/mol. The molecule has 0 spiro atoms. The molecule has 0 aromatic heterocycles. The van der Waals surface area contributed by atoms with E-state index in [9.17, 15) is 9.59 Å². The van der Waals surface area contributed by atoms with Crippen LogP contribution >= 0.6 is 0 Å². The zero-order chi connectivity index (χ0) is 20.5. The maximum absolute atomic E-state index is 11.7. The largest absolute Gasteiger partial charge is 0.395 e. The van der Waals surface area contributed by atoms with Crippen LogP contribution in [0.4, 0.5) is 5.69 Å². The van der Waals surface area contributed by atoms with Gasteiger partial charge in [0.25, 0.3) is 0 Å². The molecule has 27 heavy (non-hydrogen) atoms. The monoisotopic (exact) mass is 369 g/mol. The van der Waals surface area contributed by atoms with Crippen LogP contribution in [0.1, 0.15) is 13.3 Å². The number of hydrogen-bond donors (Lipinski definition) is 4. The first kappa shape index (κ1) is 24.4. The fourth-order valence-corrected chi connectivity index (χ4v) is 1.95. The second-order valence-corrected chi connectivity index (χ2v) is 5.42. The number of benzene rings is 1. The third-order valence-corrected chi connectivity index (χ3v) is 3.42. The van der Waals surface area contributed by atoms with Crippen molar-refractivity contribution in [2.24, 2.45) is 0 Å². The lowest BCUT2D eigenvalue weighted by atomic mass is 9.96. The van der Waals surface area contributed by atoms with Crippen molar-refractivity contribution in [2.75, 3.05) is 25.5 Å². The highest BCUT2D eigenvalue weighted by Crippen LogP contribution is 2.07. The van der Waals surface area contributed by atoms with Crippen molar-refractivity contribution in [1.82, 2.24) is 10.6 Å². The van der Waals surface area contributed by atoms with Gasteiger partial charge in [0.2, 0.25) is 12.3 Å². The lowest BCUT2D eigenvalue weighted by Crippen LogP contribution is -2.43. The molecule has 1 rings (SSSR count). The van der Waals surface area contributed by atoms with Crippen LogP contribution in [0.3, 0.4) is 0 Å². The molecule has 0 heterocycles. The normalized spacial score (nSPS) is 11.9. The Kier molecular flexibility index (Phi) is 14.1. The molecule has 0 aliphatic rings. The molecule has 7 heteroatoms. The first-order valence-corrected chi connectivity index (χ1v) is 8.58. The summed E-state index contributed by atoms with van der Waals surface area (Å²) < 4.78 is 0. The van der Waals surface area contributed by atoms with Gasteiger partial charge in [0.15, 0.2) is 0 Å². The molecule has 1 aromatic carbocycles. The fraction of sp³-hybridized carbons (Fsp3) is 0.300. The van der Waals surface area contributed by atoms with Crippen molar-refractivity contribution in [3.05, 3.63) is 60.7 Å². The first-order chi connectivity index (χ1) is 13.0. The van der Waals surface area contributed by atoms with E-state index in [1.165, 1.54) is 0 Å². The fourth-order valence-electron chi connectivity index (χ4n) is 1.95. The zero-order valence-corrected chi connectivity index (χ0v) is 15.9. The maximum atomic E-state index is 11.7. The van der Waals surface area contributed by atoms with Gasteiger partial charge in [0.05, 0.1) is 12.6 Å². The van der Waals surface area contributed by atoms with Gasteiger partial charge in [-0.3, -0.25) is 9.59 Å². The maximum Gasteiger partial charge on any atom is 0.237 e. The van der Waals surface area contributed by atoms with Crippen LogP contribution < -0.4 is 21.4 Å². The van der Waals surface area contributed by atoms with Crippen LogP contribution in [0, 0.1) is 0 Å². The number of aliphatic hydroxyl groups is 1. The van der Waals surface area contributed by atoms with E-state index < -0.39 is 0 Å². The Labute approximate surface area is 162 Å². The van der Waals surface area contributed by atoms with Gasteiger partial charge in [-0.15, -0.1) is 0 Å².